The van der Waals surface area contributed by atoms with Gasteiger partial charge in [-0.1, -0.05) is 0 Å². The van der Waals surface area contributed by atoms with Crippen LogP contribution in [-0.4, -0.2) is 64.1 Å². The SMILES string of the molecule is CCOC(=O)N1CCN(C(=O)c2cn3c(n2)CC[C@@H](c2cc(C(F)(F)F)cc(C(F)(F)F)c2)C3)CC1. The number of alkyl halides is 6. The quantitative estimate of drug-likeness (QED) is 0.559. The Labute approximate surface area is 202 Å². The highest BCUT2D eigenvalue weighted by atomic mass is 19.4. The number of aromatic nitrogens is 2. The molecule has 1 aromatic carbocycles. The number of piperazine rings is 1. The fourth-order valence-electron chi connectivity index (χ4n) is 4.50. The number of carbonyl (C=O) groups is 2. The molecule has 1 atom stereocenters. The summed E-state index contributed by atoms with van der Waals surface area (Å²) in [7, 11) is 0. The number of halogens is 6. The molecule has 1 saturated heterocycles. The van der Waals surface area contributed by atoms with Gasteiger partial charge in [0.2, 0.25) is 0 Å². The lowest BCUT2D eigenvalue weighted by Crippen LogP contribution is -2.50. The second kappa shape index (κ2) is 9.66. The highest BCUT2D eigenvalue weighted by Gasteiger charge is 2.38. The minimum Gasteiger partial charge on any atom is -0.450 e. The second-order valence-electron chi connectivity index (χ2n) is 8.75. The van der Waals surface area contributed by atoms with Gasteiger partial charge in [-0.15, -0.1) is 0 Å². The van der Waals surface area contributed by atoms with Gasteiger partial charge in [0, 0.05) is 51.3 Å². The third kappa shape index (κ3) is 5.44. The van der Waals surface area contributed by atoms with Crippen molar-refractivity contribution in [3.8, 4) is 0 Å². The Balaban J connectivity index is 1.49. The summed E-state index contributed by atoms with van der Waals surface area (Å²) in [6.45, 7) is 3.22. The molecule has 0 saturated carbocycles. The van der Waals surface area contributed by atoms with Crippen molar-refractivity contribution < 1.29 is 40.7 Å². The van der Waals surface area contributed by atoms with Gasteiger partial charge < -0.3 is 19.1 Å². The van der Waals surface area contributed by atoms with Crippen LogP contribution in [-0.2, 0) is 30.1 Å². The number of aryl methyl sites for hydroxylation is 1. The first-order valence-electron chi connectivity index (χ1n) is 11.4. The van der Waals surface area contributed by atoms with Crippen molar-refractivity contribution in [2.45, 2.75) is 44.6 Å². The molecule has 0 unspecified atom stereocenters. The predicted molar refractivity (Wildman–Crippen MR) is 114 cm³/mol. The molecule has 3 heterocycles. The molecule has 196 valence electrons. The number of imidazole rings is 1. The maximum absolute atomic E-state index is 13.3. The van der Waals surface area contributed by atoms with E-state index in [0.29, 0.717) is 31.8 Å². The van der Waals surface area contributed by atoms with Crippen molar-refractivity contribution in [2.24, 2.45) is 0 Å². The van der Waals surface area contributed by atoms with Crippen LogP contribution in [0.2, 0.25) is 0 Å². The van der Waals surface area contributed by atoms with E-state index in [-0.39, 0.29) is 49.5 Å². The van der Waals surface area contributed by atoms with Crippen LogP contribution in [0.1, 0.15) is 52.3 Å². The summed E-state index contributed by atoms with van der Waals surface area (Å²) in [5.74, 6) is -0.413. The van der Waals surface area contributed by atoms with Crippen LogP contribution in [0.4, 0.5) is 31.1 Å². The topological polar surface area (TPSA) is 67.7 Å². The van der Waals surface area contributed by atoms with E-state index in [2.05, 4.69) is 4.98 Å². The van der Waals surface area contributed by atoms with Crippen molar-refractivity contribution in [2.75, 3.05) is 32.8 Å². The smallest absolute Gasteiger partial charge is 0.416 e. The number of nitrogens with zero attached hydrogens (tertiary/aromatic N) is 4. The number of benzene rings is 1. The molecule has 1 fully saturated rings. The first kappa shape index (κ1) is 25.8. The molecule has 2 aliphatic rings. The molecule has 13 heteroatoms. The second-order valence-corrected chi connectivity index (χ2v) is 8.75. The third-order valence-corrected chi connectivity index (χ3v) is 6.39. The molecule has 36 heavy (non-hydrogen) atoms. The maximum atomic E-state index is 13.3. The number of hydrogen-bond donors (Lipinski definition) is 0. The lowest BCUT2D eigenvalue weighted by Gasteiger charge is -2.33. The van der Waals surface area contributed by atoms with Gasteiger partial charge >= 0.3 is 18.4 Å². The molecule has 2 aromatic rings. The van der Waals surface area contributed by atoms with Crippen molar-refractivity contribution in [3.63, 3.8) is 0 Å². The molecular weight excluding hydrogens is 494 g/mol. The summed E-state index contributed by atoms with van der Waals surface area (Å²) in [6.07, 6.45) is -8.20. The van der Waals surface area contributed by atoms with E-state index >= 15 is 0 Å². The Morgan fingerprint density at radius 3 is 2.11 bits per heavy atom. The van der Waals surface area contributed by atoms with Gasteiger partial charge in [-0.3, -0.25) is 4.79 Å². The number of carbonyl (C=O) groups excluding carboxylic acids is 2. The first-order chi connectivity index (χ1) is 16.9. The fraction of sp³-hybridized carbons (Fsp3) is 0.522. The number of fused-ring (bicyclic) bond motifs is 1. The zero-order chi connectivity index (χ0) is 26.3. The summed E-state index contributed by atoms with van der Waals surface area (Å²) in [5.41, 5.74) is -2.60. The molecule has 0 N–H and O–H groups in total. The van der Waals surface area contributed by atoms with E-state index < -0.39 is 35.5 Å². The van der Waals surface area contributed by atoms with Crippen LogP contribution in [0, 0.1) is 0 Å². The monoisotopic (exact) mass is 518 g/mol. The summed E-state index contributed by atoms with van der Waals surface area (Å²) in [4.78, 5) is 32.2. The van der Waals surface area contributed by atoms with Crippen molar-refractivity contribution in [1.29, 1.82) is 0 Å². The van der Waals surface area contributed by atoms with E-state index in [1.165, 1.54) is 11.1 Å². The van der Waals surface area contributed by atoms with E-state index in [9.17, 15) is 35.9 Å². The normalized spacial score (nSPS) is 18.7. The van der Waals surface area contributed by atoms with Crippen molar-refractivity contribution in [1.82, 2.24) is 19.4 Å². The lowest BCUT2D eigenvalue weighted by atomic mass is 9.89. The molecule has 0 spiro atoms. The van der Waals surface area contributed by atoms with Crippen LogP contribution in [0.25, 0.3) is 0 Å². The minimum absolute atomic E-state index is 0.0561. The average Bonchev–Trinajstić information content (AvgIpc) is 3.26. The third-order valence-electron chi connectivity index (χ3n) is 6.39. The van der Waals surface area contributed by atoms with Gasteiger partial charge in [0.15, 0.2) is 0 Å². The highest BCUT2D eigenvalue weighted by Crippen LogP contribution is 2.39. The van der Waals surface area contributed by atoms with Gasteiger partial charge in [0.05, 0.1) is 17.7 Å². The Morgan fingerprint density at radius 2 is 1.56 bits per heavy atom. The van der Waals surface area contributed by atoms with Crippen molar-refractivity contribution in [3.05, 3.63) is 52.6 Å². The number of ether oxygens (including phenoxy) is 1. The predicted octanol–water partition coefficient (Wildman–Crippen LogP) is 4.57. The zero-order valence-electron chi connectivity index (χ0n) is 19.3. The van der Waals surface area contributed by atoms with Crippen LogP contribution in [0.5, 0.6) is 0 Å². The van der Waals surface area contributed by atoms with Crippen LogP contribution in [0.3, 0.4) is 0 Å². The van der Waals surface area contributed by atoms with Gasteiger partial charge in [-0.2, -0.15) is 26.3 Å². The van der Waals surface area contributed by atoms with E-state index in [0.717, 1.165) is 12.1 Å². The van der Waals surface area contributed by atoms with E-state index in [4.69, 9.17) is 4.74 Å². The highest BCUT2D eigenvalue weighted by molar-refractivity contribution is 5.92. The number of amides is 2. The Bertz CT molecular complexity index is 1100. The molecule has 1 aromatic heterocycles. The summed E-state index contributed by atoms with van der Waals surface area (Å²) < 4.78 is 86.2. The zero-order valence-corrected chi connectivity index (χ0v) is 19.3. The summed E-state index contributed by atoms with van der Waals surface area (Å²) in [6, 6.07) is 1.64. The molecule has 2 aliphatic heterocycles. The van der Waals surface area contributed by atoms with Gasteiger partial charge in [-0.05, 0) is 37.1 Å². The Hall–Kier alpha value is -3.25. The Morgan fingerprint density at radius 1 is 0.972 bits per heavy atom. The van der Waals surface area contributed by atoms with Gasteiger partial charge in [0.1, 0.15) is 11.5 Å². The number of rotatable bonds is 3. The van der Waals surface area contributed by atoms with Crippen LogP contribution in [0.15, 0.2) is 24.4 Å². The lowest BCUT2D eigenvalue weighted by molar-refractivity contribution is -0.143. The maximum Gasteiger partial charge on any atom is 0.416 e. The first-order valence-corrected chi connectivity index (χ1v) is 11.4. The minimum atomic E-state index is -4.91. The Kier molecular flexibility index (Phi) is 6.93. The van der Waals surface area contributed by atoms with Crippen LogP contribution < -0.4 is 0 Å². The molecule has 0 aliphatic carbocycles. The number of hydrogen-bond acceptors (Lipinski definition) is 4. The largest absolute Gasteiger partial charge is 0.450 e. The van der Waals surface area contributed by atoms with E-state index in [1.54, 1.807) is 16.4 Å². The standard InChI is InChI=1S/C23H24F6N4O3/c1-2-36-21(35)32-7-5-31(6-8-32)20(34)18-13-33-12-14(3-4-19(33)30-18)15-9-16(22(24,25)26)11-17(10-15)23(27,28)29/h9-11,13-14H,2-8,12H2,1H3/t14-/m1/s1. The van der Waals surface area contributed by atoms with Crippen molar-refractivity contribution >= 4 is 12.0 Å². The summed E-state index contributed by atoms with van der Waals surface area (Å²) in [5, 5.41) is 0. The summed E-state index contributed by atoms with van der Waals surface area (Å²) >= 11 is 0. The molecule has 0 radical (unpaired) electrons. The van der Waals surface area contributed by atoms with E-state index in [1.807, 2.05) is 0 Å². The van der Waals surface area contributed by atoms with Gasteiger partial charge in [0.25, 0.3) is 5.91 Å². The van der Waals surface area contributed by atoms with Crippen LogP contribution >= 0.6 is 0 Å². The molecule has 0 bridgehead atoms. The molecule has 4 rings (SSSR count). The fourth-order valence-corrected chi connectivity index (χ4v) is 4.50. The van der Waals surface area contributed by atoms with Gasteiger partial charge in [-0.25, -0.2) is 9.78 Å². The molecular formula is C23H24F6N4O3. The average molecular weight is 518 g/mol. The molecule has 7 nitrogen and oxygen atoms in total. The molecule has 2 amide bonds.